The minimum atomic E-state index is -0.888. The number of nitrogens with zero attached hydrogens (tertiary/aromatic N) is 3. The Morgan fingerprint density at radius 2 is 2.19 bits per heavy atom. The Labute approximate surface area is 150 Å². The molecule has 0 amide bonds. The fourth-order valence-corrected chi connectivity index (χ4v) is 2.60. The van der Waals surface area contributed by atoms with Crippen LogP contribution in [0, 0.1) is 17.0 Å². The van der Waals surface area contributed by atoms with Gasteiger partial charge in [0.2, 0.25) is 0 Å². The Kier molecular flexibility index (Phi) is 4.72. The van der Waals surface area contributed by atoms with E-state index < -0.39 is 16.5 Å². The number of aryl methyl sites for hydroxylation is 1. The van der Waals surface area contributed by atoms with E-state index in [2.05, 4.69) is 4.98 Å². The van der Waals surface area contributed by atoms with Gasteiger partial charge in [-0.3, -0.25) is 0 Å². The fourth-order valence-electron chi connectivity index (χ4n) is 2.42. The zero-order valence-electron chi connectivity index (χ0n) is 13.5. The van der Waals surface area contributed by atoms with E-state index in [9.17, 15) is 19.7 Å². The lowest BCUT2D eigenvalue weighted by molar-refractivity contribution is -0.392. The number of aromatic nitrogens is 2. The van der Waals surface area contributed by atoms with Crippen LogP contribution in [-0.2, 0) is 11.3 Å². The van der Waals surface area contributed by atoms with Crippen molar-refractivity contribution in [1.29, 1.82) is 0 Å². The maximum absolute atomic E-state index is 12.2. The molecule has 0 aliphatic heterocycles. The molecule has 3 aromatic rings. The van der Waals surface area contributed by atoms with Crippen LogP contribution < -0.4 is 5.63 Å². The van der Waals surface area contributed by atoms with Crippen LogP contribution in [0.2, 0.25) is 5.02 Å². The molecule has 134 valence electrons. The summed E-state index contributed by atoms with van der Waals surface area (Å²) in [6.07, 6.45) is 1.12. The molecule has 0 aliphatic carbocycles. The number of imidazole rings is 1. The van der Waals surface area contributed by atoms with Gasteiger partial charge in [0.25, 0.3) is 0 Å². The van der Waals surface area contributed by atoms with E-state index in [0.717, 1.165) is 6.20 Å². The zero-order chi connectivity index (χ0) is 18.8. The van der Waals surface area contributed by atoms with Gasteiger partial charge in [-0.2, -0.15) is 0 Å². The predicted molar refractivity (Wildman–Crippen MR) is 91.4 cm³/mol. The smallest absolute Gasteiger partial charge is 0.351 e. The van der Waals surface area contributed by atoms with Gasteiger partial charge in [0.15, 0.2) is 5.82 Å². The van der Waals surface area contributed by atoms with E-state index in [4.69, 9.17) is 20.8 Å². The summed E-state index contributed by atoms with van der Waals surface area (Å²) < 4.78 is 11.4. The monoisotopic (exact) mass is 377 g/mol. The van der Waals surface area contributed by atoms with Crippen molar-refractivity contribution < 1.29 is 18.9 Å². The summed E-state index contributed by atoms with van der Waals surface area (Å²) in [5.74, 6) is -0.688. The summed E-state index contributed by atoms with van der Waals surface area (Å²) in [5, 5.41) is 11.8. The molecule has 0 radical (unpaired) electrons. The Morgan fingerprint density at radius 3 is 2.92 bits per heavy atom. The number of rotatable bonds is 5. The van der Waals surface area contributed by atoms with Crippen molar-refractivity contribution in [3.63, 3.8) is 0 Å². The van der Waals surface area contributed by atoms with Crippen molar-refractivity contribution >= 4 is 34.4 Å². The van der Waals surface area contributed by atoms with Crippen LogP contribution in [0.15, 0.2) is 39.7 Å². The number of nitro groups is 1. The summed E-state index contributed by atoms with van der Waals surface area (Å²) in [5.41, 5.74) is -0.827. The van der Waals surface area contributed by atoms with E-state index >= 15 is 0 Å². The van der Waals surface area contributed by atoms with Gasteiger partial charge in [0.05, 0.1) is 0 Å². The molecule has 2 aromatic heterocycles. The van der Waals surface area contributed by atoms with Crippen LogP contribution in [0.3, 0.4) is 0 Å². The molecule has 0 fully saturated rings. The molecule has 0 aliphatic rings. The largest absolute Gasteiger partial charge is 0.458 e. The number of fused-ring (bicyclic) bond motifs is 1. The Hall–Kier alpha value is -3.20. The summed E-state index contributed by atoms with van der Waals surface area (Å²) in [7, 11) is 0. The second-order valence-electron chi connectivity index (χ2n) is 5.34. The Morgan fingerprint density at radius 1 is 1.42 bits per heavy atom. The number of benzene rings is 1. The third-order valence-corrected chi connectivity index (χ3v) is 3.92. The minimum Gasteiger partial charge on any atom is -0.458 e. The van der Waals surface area contributed by atoms with Gasteiger partial charge in [0, 0.05) is 17.3 Å². The highest BCUT2D eigenvalue weighted by atomic mass is 35.5. The number of halogens is 1. The molecule has 10 heteroatoms. The highest BCUT2D eigenvalue weighted by Gasteiger charge is 2.19. The van der Waals surface area contributed by atoms with E-state index in [1.165, 1.54) is 16.7 Å². The summed E-state index contributed by atoms with van der Waals surface area (Å²) >= 11 is 5.89. The SMILES string of the molecule is Cc1ncc([N+](=O)[O-])n1CCOC(=O)c1cc2cc(Cl)ccc2oc1=O. The fraction of sp³-hybridized carbons (Fsp3) is 0.188. The summed E-state index contributed by atoms with van der Waals surface area (Å²) in [6, 6.07) is 5.97. The third kappa shape index (κ3) is 3.42. The Balaban J connectivity index is 1.76. The molecule has 0 N–H and O–H groups in total. The normalized spacial score (nSPS) is 10.8. The molecule has 0 saturated heterocycles. The molecule has 3 rings (SSSR count). The van der Waals surface area contributed by atoms with Gasteiger partial charge in [-0.25, -0.2) is 19.1 Å². The van der Waals surface area contributed by atoms with Crippen molar-refractivity contribution in [3.05, 3.63) is 67.4 Å². The van der Waals surface area contributed by atoms with Crippen molar-refractivity contribution in [3.8, 4) is 0 Å². The average Bonchev–Trinajstić information content (AvgIpc) is 2.95. The molecule has 1 aromatic carbocycles. The summed E-state index contributed by atoms with van der Waals surface area (Å²) in [6.45, 7) is 1.44. The number of carbonyl (C=O) groups excluding carboxylic acids is 1. The quantitative estimate of drug-likeness (QED) is 0.290. The lowest BCUT2D eigenvalue weighted by Gasteiger charge is -2.05. The molecule has 0 bridgehead atoms. The molecule has 0 atom stereocenters. The molecule has 0 unspecified atom stereocenters. The summed E-state index contributed by atoms with van der Waals surface area (Å²) in [4.78, 5) is 38.3. The number of esters is 1. The number of carbonyl (C=O) groups is 1. The lowest BCUT2D eigenvalue weighted by atomic mass is 10.2. The first-order valence-electron chi connectivity index (χ1n) is 7.44. The van der Waals surface area contributed by atoms with Crippen LogP contribution in [-0.4, -0.2) is 27.1 Å². The molecule has 26 heavy (non-hydrogen) atoms. The topological polar surface area (TPSA) is 117 Å². The molecule has 0 saturated carbocycles. The van der Waals surface area contributed by atoms with Gasteiger partial charge in [0.1, 0.15) is 30.5 Å². The maximum atomic E-state index is 12.2. The Bertz CT molecular complexity index is 1070. The third-order valence-electron chi connectivity index (χ3n) is 3.68. The van der Waals surface area contributed by atoms with Crippen LogP contribution >= 0.6 is 11.6 Å². The van der Waals surface area contributed by atoms with Crippen molar-refractivity contribution in [2.24, 2.45) is 0 Å². The van der Waals surface area contributed by atoms with E-state index in [1.54, 1.807) is 19.1 Å². The standard InChI is InChI=1S/C16H12ClN3O6/c1-9-18-8-14(20(23)24)19(9)4-5-25-15(21)12-7-10-6-11(17)2-3-13(10)26-16(12)22/h2-3,6-8H,4-5H2,1H3. The van der Waals surface area contributed by atoms with Crippen molar-refractivity contribution in [1.82, 2.24) is 9.55 Å². The van der Waals surface area contributed by atoms with E-state index in [1.807, 2.05) is 0 Å². The van der Waals surface area contributed by atoms with Gasteiger partial charge < -0.3 is 19.3 Å². The van der Waals surface area contributed by atoms with Crippen LogP contribution in [0.4, 0.5) is 5.82 Å². The van der Waals surface area contributed by atoms with Crippen LogP contribution in [0.5, 0.6) is 0 Å². The maximum Gasteiger partial charge on any atom is 0.351 e. The molecular weight excluding hydrogens is 366 g/mol. The second kappa shape index (κ2) is 6.96. The number of hydrogen-bond acceptors (Lipinski definition) is 7. The average molecular weight is 378 g/mol. The van der Waals surface area contributed by atoms with E-state index in [0.29, 0.717) is 21.8 Å². The lowest BCUT2D eigenvalue weighted by Crippen LogP contribution is -2.19. The predicted octanol–water partition coefficient (Wildman–Crippen LogP) is 2.72. The van der Waals surface area contributed by atoms with Gasteiger partial charge in [-0.15, -0.1) is 0 Å². The second-order valence-corrected chi connectivity index (χ2v) is 5.77. The first-order chi connectivity index (χ1) is 12.4. The van der Waals surface area contributed by atoms with Gasteiger partial charge in [-0.05, 0) is 29.2 Å². The molecular formula is C16H12ClN3O6. The first kappa shape index (κ1) is 17.6. The minimum absolute atomic E-state index is 0.0264. The highest BCUT2D eigenvalue weighted by Crippen LogP contribution is 2.19. The van der Waals surface area contributed by atoms with Crippen LogP contribution in [0.25, 0.3) is 11.0 Å². The van der Waals surface area contributed by atoms with Gasteiger partial charge in [-0.1, -0.05) is 11.6 Å². The van der Waals surface area contributed by atoms with E-state index in [-0.39, 0.29) is 24.5 Å². The molecule has 0 spiro atoms. The van der Waals surface area contributed by atoms with Crippen molar-refractivity contribution in [2.45, 2.75) is 13.5 Å². The van der Waals surface area contributed by atoms with Gasteiger partial charge >= 0.3 is 17.4 Å². The molecule has 2 heterocycles. The zero-order valence-corrected chi connectivity index (χ0v) is 14.2. The van der Waals surface area contributed by atoms with Crippen LogP contribution in [0.1, 0.15) is 16.2 Å². The van der Waals surface area contributed by atoms with Crippen molar-refractivity contribution in [2.75, 3.05) is 6.61 Å². The number of hydrogen-bond donors (Lipinski definition) is 0. The first-order valence-corrected chi connectivity index (χ1v) is 7.81. The highest BCUT2D eigenvalue weighted by molar-refractivity contribution is 6.31. The molecule has 9 nitrogen and oxygen atoms in total. The number of ether oxygens (including phenoxy) is 1.